The fourth-order valence-corrected chi connectivity index (χ4v) is 5.44. The second kappa shape index (κ2) is 11.6. The predicted octanol–water partition coefficient (Wildman–Crippen LogP) is 4.55. The van der Waals surface area contributed by atoms with E-state index >= 15 is 0 Å². The van der Waals surface area contributed by atoms with Crippen molar-refractivity contribution in [3.63, 3.8) is 0 Å². The molecule has 1 aliphatic rings. The van der Waals surface area contributed by atoms with Gasteiger partial charge in [-0.05, 0) is 35.4 Å². The van der Waals surface area contributed by atoms with E-state index in [2.05, 4.69) is 9.97 Å². The quantitative estimate of drug-likeness (QED) is 0.229. The van der Waals surface area contributed by atoms with Crippen LogP contribution in [0.3, 0.4) is 0 Å². The van der Waals surface area contributed by atoms with Gasteiger partial charge >= 0.3 is 11.9 Å². The number of carbonyl (C=O) groups is 4. The number of methoxy groups -OCH3 is 2. The van der Waals surface area contributed by atoms with Gasteiger partial charge in [0.1, 0.15) is 0 Å². The molecule has 0 spiro atoms. The highest BCUT2D eigenvalue weighted by Crippen LogP contribution is 2.43. The van der Waals surface area contributed by atoms with Crippen molar-refractivity contribution in [3.05, 3.63) is 107 Å². The number of benzene rings is 2. The predicted molar refractivity (Wildman–Crippen MR) is 152 cm³/mol. The van der Waals surface area contributed by atoms with E-state index in [1.807, 2.05) is 0 Å². The van der Waals surface area contributed by atoms with Gasteiger partial charge in [0, 0.05) is 35.0 Å². The van der Waals surface area contributed by atoms with Crippen molar-refractivity contribution in [1.82, 2.24) is 9.97 Å². The van der Waals surface area contributed by atoms with Gasteiger partial charge in [0.05, 0.1) is 49.2 Å². The number of rotatable bonds is 8. The molecule has 2 aromatic heterocycles. The molecule has 0 saturated heterocycles. The Morgan fingerprint density at radius 3 is 1.43 bits per heavy atom. The van der Waals surface area contributed by atoms with Crippen LogP contribution in [0.2, 0.25) is 0 Å². The minimum Gasteiger partial charge on any atom is -0.504 e. The monoisotopic (exact) mass is 566 g/mol. The van der Waals surface area contributed by atoms with Crippen LogP contribution < -0.4 is 0 Å². The molecule has 0 aliphatic heterocycles. The zero-order chi connectivity index (χ0) is 30.0. The number of allylic oxidation sites excluding steroid dienone is 2. The highest BCUT2D eigenvalue weighted by molar-refractivity contribution is 6.25. The Morgan fingerprint density at radius 1 is 0.667 bits per heavy atom. The molecule has 2 heterocycles. The van der Waals surface area contributed by atoms with Crippen LogP contribution in [-0.2, 0) is 28.7 Å². The molecule has 0 fully saturated rings. The van der Waals surface area contributed by atoms with Gasteiger partial charge in [0.15, 0.2) is 11.5 Å². The van der Waals surface area contributed by atoms with E-state index in [0.717, 1.165) is 0 Å². The summed E-state index contributed by atoms with van der Waals surface area (Å²) in [5.41, 5.74) is 1.05. The lowest BCUT2D eigenvalue weighted by Crippen LogP contribution is -2.31. The number of fused-ring (bicyclic) bond motifs is 2. The normalized spacial score (nSPS) is 15.2. The second-order valence-corrected chi connectivity index (χ2v) is 9.68. The van der Waals surface area contributed by atoms with E-state index in [-0.39, 0.29) is 0 Å². The van der Waals surface area contributed by atoms with Gasteiger partial charge in [-0.15, -0.1) is 0 Å². The van der Waals surface area contributed by atoms with Crippen LogP contribution in [0.1, 0.15) is 35.8 Å². The molecule has 10 heteroatoms. The Hall–Kier alpha value is -5.38. The Labute approximate surface area is 239 Å². The lowest BCUT2D eigenvalue weighted by Gasteiger charge is -2.28. The van der Waals surface area contributed by atoms with E-state index in [1.54, 1.807) is 60.7 Å². The SMILES string of the molecule is COC(=O)C[C@H](C1=C(O)C(=O)C([C@H](CC(=O)OC)c2ccnc3ccccc23)=C(O)C1=O)c1ccnc2ccccc12. The summed E-state index contributed by atoms with van der Waals surface area (Å²) in [7, 11) is 2.36. The largest absolute Gasteiger partial charge is 0.504 e. The number of esters is 2. The second-order valence-electron chi connectivity index (χ2n) is 9.68. The standard InChI is InChI=1S/C32H26N2O8/c1-41-25(35)15-21(17-11-13-33-23-9-5-3-7-19(17)23)27-29(37)31(39)28(32(40)30(27)38)22(16-26(36)42-2)18-12-14-34-24-10-6-4-8-20(18)24/h3-14,21-22,37,40H,15-16H2,1-2H3/t21-,22+. The third kappa shape index (κ3) is 4.98. The number of Topliss-reactive ketones (excluding diaryl/α,β-unsaturated/α-hetero) is 2. The molecule has 212 valence electrons. The molecular weight excluding hydrogens is 540 g/mol. The first-order valence-electron chi connectivity index (χ1n) is 13.0. The van der Waals surface area contributed by atoms with Crippen molar-refractivity contribution >= 4 is 45.3 Å². The van der Waals surface area contributed by atoms with Gasteiger partial charge < -0.3 is 19.7 Å². The number of aliphatic hydroxyl groups is 2. The summed E-state index contributed by atoms with van der Waals surface area (Å²) >= 11 is 0. The van der Waals surface area contributed by atoms with Gasteiger partial charge in [0.2, 0.25) is 11.6 Å². The van der Waals surface area contributed by atoms with E-state index in [1.165, 1.54) is 26.6 Å². The number of pyridine rings is 2. The average Bonchev–Trinajstić information content (AvgIpc) is 3.02. The average molecular weight is 567 g/mol. The summed E-state index contributed by atoms with van der Waals surface area (Å²) in [6, 6.07) is 17.1. The molecule has 5 rings (SSSR count). The third-order valence-electron chi connectivity index (χ3n) is 7.44. The molecule has 0 unspecified atom stereocenters. The van der Waals surface area contributed by atoms with E-state index in [0.29, 0.717) is 32.9 Å². The maximum absolute atomic E-state index is 13.9. The topological polar surface area (TPSA) is 153 Å². The Morgan fingerprint density at radius 2 is 1.05 bits per heavy atom. The highest BCUT2D eigenvalue weighted by atomic mass is 16.5. The molecule has 4 aromatic rings. The van der Waals surface area contributed by atoms with Crippen LogP contribution in [0.5, 0.6) is 0 Å². The Bertz CT molecular complexity index is 1680. The van der Waals surface area contributed by atoms with Crippen LogP contribution in [0.4, 0.5) is 0 Å². The van der Waals surface area contributed by atoms with Crippen molar-refractivity contribution in [2.24, 2.45) is 0 Å². The summed E-state index contributed by atoms with van der Waals surface area (Å²) in [4.78, 5) is 61.4. The number of carbonyl (C=O) groups excluding carboxylic acids is 4. The minimum atomic E-state index is -1.16. The summed E-state index contributed by atoms with van der Waals surface area (Å²) in [6.45, 7) is 0. The van der Waals surface area contributed by atoms with Crippen molar-refractivity contribution in [1.29, 1.82) is 0 Å². The van der Waals surface area contributed by atoms with Crippen LogP contribution in [-0.4, -0.2) is 57.9 Å². The van der Waals surface area contributed by atoms with Crippen LogP contribution in [0.25, 0.3) is 21.8 Å². The maximum Gasteiger partial charge on any atom is 0.306 e. The minimum absolute atomic E-state index is 0.411. The van der Waals surface area contributed by atoms with Crippen molar-refractivity contribution in [2.75, 3.05) is 14.2 Å². The van der Waals surface area contributed by atoms with Gasteiger partial charge in [-0.2, -0.15) is 0 Å². The molecule has 0 amide bonds. The van der Waals surface area contributed by atoms with Crippen molar-refractivity contribution in [2.45, 2.75) is 24.7 Å². The number of ether oxygens (including phenoxy) is 2. The fraction of sp³-hybridized carbons (Fsp3) is 0.188. The molecule has 2 N–H and O–H groups in total. The van der Waals surface area contributed by atoms with Crippen LogP contribution in [0, 0.1) is 0 Å². The van der Waals surface area contributed by atoms with Crippen molar-refractivity contribution < 1.29 is 38.9 Å². The molecule has 42 heavy (non-hydrogen) atoms. The number of para-hydroxylation sites is 2. The Balaban J connectivity index is 1.69. The number of nitrogens with zero attached hydrogens (tertiary/aromatic N) is 2. The van der Waals surface area contributed by atoms with Gasteiger partial charge in [-0.1, -0.05) is 36.4 Å². The summed E-state index contributed by atoms with van der Waals surface area (Å²) < 4.78 is 9.71. The lowest BCUT2D eigenvalue weighted by atomic mass is 9.75. The Kier molecular flexibility index (Phi) is 7.79. The van der Waals surface area contributed by atoms with Crippen LogP contribution in [0.15, 0.2) is 95.7 Å². The van der Waals surface area contributed by atoms with Gasteiger partial charge in [-0.3, -0.25) is 29.1 Å². The molecule has 0 bridgehead atoms. The number of hydrogen-bond acceptors (Lipinski definition) is 10. The maximum atomic E-state index is 13.9. The van der Waals surface area contributed by atoms with Crippen LogP contribution >= 0.6 is 0 Å². The third-order valence-corrected chi connectivity index (χ3v) is 7.44. The number of aliphatic hydroxyl groups excluding tert-OH is 2. The van der Waals surface area contributed by atoms with E-state index in [9.17, 15) is 29.4 Å². The van der Waals surface area contributed by atoms with Crippen molar-refractivity contribution in [3.8, 4) is 0 Å². The summed E-state index contributed by atoms with van der Waals surface area (Å²) in [6.07, 6.45) is 2.14. The molecule has 1 aliphatic carbocycles. The number of hydrogen-bond donors (Lipinski definition) is 2. The van der Waals surface area contributed by atoms with E-state index < -0.39 is 70.8 Å². The molecular formula is C32H26N2O8. The van der Waals surface area contributed by atoms with Gasteiger partial charge in [0.25, 0.3) is 0 Å². The molecule has 10 nitrogen and oxygen atoms in total. The summed E-state index contributed by atoms with van der Waals surface area (Å²) in [5.74, 6) is -7.70. The molecule has 2 aromatic carbocycles. The molecule has 2 atom stereocenters. The first-order valence-corrected chi connectivity index (χ1v) is 13.0. The zero-order valence-electron chi connectivity index (χ0n) is 22.7. The lowest BCUT2D eigenvalue weighted by molar-refractivity contribution is -0.142. The van der Waals surface area contributed by atoms with Gasteiger partial charge in [-0.25, -0.2) is 0 Å². The van der Waals surface area contributed by atoms with E-state index in [4.69, 9.17) is 9.47 Å². The number of aromatic nitrogens is 2. The number of ketones is 2. The first-order chi connectivity index (χ1) is 20.3. The highest BCUT2D eigenvalue weighted by Gasteiger charge is 2.43. The molecule has 0 saturated carbocycles. The smallest absolute Gasteiger partial charge is 0.306 e. The first kappa shape index (κ1) is 28.2. The molecule has 0 radical (unpaired) electrons. The zero-order valence-corrected chi connectivity index (χ0v) is 22.7. The summed E-state index contributed by atoms with van der Waals surface area (Å²) in [5, 5.41) is 23.9. The fourth-order valence-electron chi connectivity index (χ4n) is 5.44.